The van der Waals surface area contributed by atoms with Crippen LogP contribution < -0.4 is 16.0 Å². The van der Waals surface area contributed by atoms with E-state index in [4.69, 9.17) is 4.74 Å². The Labute approximate surface area is 189 Å². The van der Waals surface area contributed by atoms with E-state index in [0.717, 1.165) is 15.7 Å². The Balaban J connectivity index is 1.77. The molecule has 0 fully saturated rings. The number of ether oxygens (including phenoxy) is 1. The molecule has 1 atom stereocenters. The van der Waals surface area contributed by atoms with Crippen molar-refractivity contribution < 1.29 is 14.6 Å². The maximum Gasteiger partial charge on any atom is 0.331 e. The van der Waals surface area contributed by atoms with Crippen molar-refractivity contribution in [3.8, 4) is 11.6 Å². The Morgan fingerprint density at radius 1 is 1.15 bits per heavy atom. The van der Waals surface area contributed by atoms with E-state index < -0.39 is 23.2 Å². The van der Waals surface area contributed by atoms with Gasteiger partial charge in [0.2, 0.25) is 11.8 Å². The predicted molar refractivity (Wildman–Crippen MR) is 123 cm³/mol. The Morgan fingerprint density at radius 2 is 1.85 bits per heavy atom. The van der Waals surface area contributed by atoms with Crippen molar-refractivity contribution in [2.24, 2.45) is 5.10 Å². The minimum Gasteiger partial charge on any atom is -0.494 e. The summed E-state index contributed by atoms with van der Waals surface area (Å²) in [5.41, 5.74) is 0.0976. The van der Waals surface area contributed by atoms with Crippen molar-refractivity contribution in [2.75, 3.05) is 6.61 Å². The molecule has 4 rings (SSSR count). The molecule has 0 radical (unpaired) electrons. The normalized spacial score (nSPS) is 15.4. The standard InChI is InChI=1S/C24H24N4O5/c1-3-33-20-12-8-7-11-17(20)19-13-18(26-28(19)15(2)29)21-22(30)25-24(32)27(23(21)31)14-16-9-5-4-6-10-16/h4-12,19,31H,3,13-14H2,1-2H3,(H,25,30,32)/t19-/m0/s1. The van der Waals surface area contributed by atoms with Gasteiger partial charge in [-0.05, 0) is 18.6 Å². The summed E-state index contributed by atoms with van der Waals surface area (Å²) in [4.78, 5) is 39.8. The second kappa shape index (κ2) is 9.15. The van der Waals surface area contributed by atoms with E-state index in [2.05, 4.69) is 10.1 Å². The van der Waals surface area contributed by atoms with E-state index >= 15 is 0 Å². The molecule has 33 heavy (non-hydrogen) atoms. The molecule has 1 aliphatic heterocycles. The van der Waals surface area contributed by atoms with Gasteiger partial charge >= 0.3 is 5.69 Å². The average molecular weight is 448 g/mol. The van der Waals surface area contributed by atoms with Crippen LogP contribution in [0.5, 0.6) is 11.6 Å². The number of amides is 1. The first-order chi connectivity index (χ1) is 15.9. The summed E-state index contributed by atoms with van der Waals surface area (Å²) in [6, 6.07) is 15.9. The zero-order valence-corrected chi connectivity index (χ0v) is 18.3. The third kappa shape index (κ3) is 4.30. The first-order valence-electron chi connectivity index (χ1n) is 10.6. The van der Waals surface area contributed by atoms with Gasteiger partial charge in [0.1, 0.15) is 11.3 Å². The number of rotatable bonds is 6. The summed E-state index contributed by atoms with van der Waals surface area (Å²) in [6.07, 6.45) is 0.170. The van der Waals surface area contributed by atoms with Crippen molar-refractivity contribution in [3.63, 3.8) is 0 Å². The third-order valence-corrected chi connectivity index (χ3v) is 5.45. The van der Waals surface area contributed by atoms with Crippen LogP contribution >= 0.6 is 0 Å². The van der Waals surface area contributed by atoms with Crippen LogP contribution in [-0.2, 0) is 11.3 Å². The lowest BCUT2D eigenvalue weighted by molar-refractivity contribution is -0.130. The van der Waals surface area contributed by atoms with E-state index in [1.165, 1.54) is 11.9 Å². The molecule has 2 aromatic carbocycles. The highest BCUT2D eigenvalue weighted by atomic mass is 16.5. The largest absolute Gasteiger partial charge is 0.494 e. The summed E-state index contributed by atoms with van der Waals surface area (Å²) in [5.74, 6) is -0.205. The maximum atomic E-state index is 12.7. The maximum absolute atomic E-state index is 12.7. The second-order valence-electron chi connectivity index (χ2n) is 7.63. The molecule has 0 aliphatic carbocycles. The van der Waals surface area contributed by atoms with Crippen molar-refractivity contribution in [2.45, 2.75) is 32.9 Å². The first-order valence-corrected chi connectivity index (χ1v) is 10.6. The molecule has 2 N–H and O–H groups in total. The first kappa shape index (κ1) is 22.1. The van der Waals surface area contributed by atoms with Gasteiger partial charge in [-0.25, -0.2) is 9.80 Å². The fraction of sp³-hybridized carbons (Fsp3) is 0.250. The van der Waals surface area contributed by atoms with Gasteiger partial charge in [-0.3, -0.25) is 19.1 Å². The number of hydrazone groups is 1. The lowest BCUT2D eigenvalue weighted by atomic mass is 9.98. The van der Waals surface area contributed by atoms with Crippen LogP contribution in [-0.4, -0.2) is 37.9 Å². The van der Waals surface area contributed by atoms with Gasteiger partial charge in [0, 0.05) is 18.9 Å². The third-order valence-electron chi connectivity index (χ3n) is 5.45. The second-order valence-corrected chi connectivity index (χ2v) is 7.63. The quantitative estimate of drug-likeness (QED) is 0.601. The number of aromatic nitrogens is 2. The Hall–Kier alpha value is -4.14. The van der Waals surface area contributed by atoms with Crippen LogP contribution in [0.15, 0.2) is 69.3 Å². The highest BCUT2D eigenvalue weighted by Crippen LogP contribution is 2.37. The molecule has 1 amide bonds. The van der Waals surface area contributed by atoms with Crippen molar-refractivity contribution >= 4 is 11.6 Å². The molecule has 9 nitrogen and oxygen atoms in total. The van der Waals surface area contributed by atoms with Crippen molar-refractivity contribution in [1.82, 2.24) is 14.6 Å². The molecule has 0 unspecified atom stereocenters. The number of para-hydroxylation sites is 1. The molecule has 0 bridgehead atoms. The number of benzene rings is 2. The molecule has 9 heteroatoms. The number of nitrogens with zero attached hydrogens (tertiary/aromatic N) is 3. The molecular weight excluding hydrogens is 424 g/mol. The van der Waals surface area contributed by atoms with Gasteiger partial charge in [0.25, 0.3) is 5.56 Å². The molecule has 2 heterocycles. The van der Waals surface area contributed by atoms with Gasteiger partial charge in [-0.1, -0.05) is 48.5 Å². The molecule has 0 spiro atoms. The van der Waals surface area contributed by atoms with Gasteiger partial charge in [0.15, 0.2) is 0 Å². The predicted octanol–water partition coefficient (Wildman–Crippen LogP) is 2.39. The van der Waals surface area contributed by atoms with Crippen molar-refractivity contribution in [3.05, 3.63) is 92.1 Å². The topological polar surface area (TPSA) is 117 Å². The number of nitrogens with one attached hydrogen (secondary N) is 1. The zero-order valence-electron chi connectivity index (χ0n) is 18.3. The number of aromatic hydroxyl groups is 1. The van der Waals surface area contributed by atoms with Crippen LogP contribution in [0.4, 0.5) is 0 Å². The molecule has 170 valence electrons. The van der Waals surface area contributed by atoms with Gasteiger partial charge in [0.05, 0.1) is 24.9 Å². The van der Waals surface area contributed by atoms with Gasteiger partial charge in [-0.15, -0.1) is 0 Å². The smallest absolute Gasteiger partial charge is 0.331 e. The van der Waals surface area contributed by atoms with Crippen LogP contribution in [0.3, 0.4) is 0 Å². The number of H-pyrrole nitrogens is 1. The fourth-order valence-corrected chi connectivity index (χ4v) is 3.97. The number of aromatic amines is 1. The number of carbonyl (C=O) groups excluding carboxylic acids is 1. The van der Waals surface area contributed by atoms with E-state index in [1.54, 1.807) is 6.07 Å². The lowest BCUT2D eigenvalue weighted by Crippen LogP contribution is -2.34. The monoisotopic (exact) mass is 448 g/mol. The summed E-state index contributed by atoms with van der Waals surface area (Å²) in [6.45, 7) is 3.75. The SMILES string of the molecule is CCOc1ccccc1[C@@H]1CC(c2c(O)n(Cc3ccccc3)c(=O)[nH]c2=O)=NN1C(C)=O. The van der Waals surface area contributed by atoms with E-state index in [1.807, 2.05) is 55.5 Å². The highest BCUT2D eigenvalue weighted by molar-refractivity contribution is 6.04. The summed E-state index contributed by atoms with van der Waals surface area (Å²) in [5, 5.41) is 16.6. The molecule has 0 saturated carbocycles. The van der Waals surface area contributed by atoms with Gasteiger partial charge in [-0.2, -0.15) is 5.10 Å². The minimum absolute atomic E-state index is 0.0651. The Kier molecular flexibility index (Phi) is 6.12. The van der Waals surface area contributed by atoms with Crippen molar-refractivity contribution in [1.29, 1.82) is 0 Å². The van der Waals surface area contributed by atoms with E-state index in [9.17, 15) is 19.5 Å². The minimum atomic E-state index is -0.761. The van der Waals surface area contributed by atoms with E-state index in [-0.39, 0.29) is 30.1 Å². The van der Waals surface area contributed by atoms with Crippen LogP contribution in [0.25, 0.3) is 0 Å². The summed E-state index contributed by atoms with van der Waals surface area (Å²) >= 11 is 0. The molecule has 1 aliphatic rings. The zero-order chi connectivity index (χ0) is 23.5. The number of hydrogen-bond acceptors (Lipinski definition) is 6. The molecule has 1 aromatic heterocycles. The summed E-state index contributed by atoms with van der Waals surface area (Å²) < 4.78 is 6.79. The van der Waals surface area contributed by atoms with Crippen LogP contribution in [0.2, 0.25) is 0 Å². The summed E-state index contributed by atoms with van der Waals surface area (Å²) in [7, 11) is 0. The van der Waals surface area contributed by atoms with Crippen LogP contribution in [0.1, 0.15) is 43.0 Å². The highest BCUT2D eigenvalue weighted by Gasteiger charge is 2.35. The molecule has 0 saturated heterocycles. The van der Waals surface area contributed by atoms with Gasteiger partial charge < -0.3 is 9.84 Å². The Bertz CT molecular complexity index is 1330. The lowest BCUT2D eigenvalue weighted by Gasteiger charge is -2.22. The van der Waals surface area contributed by atoms with Crippen LogP contribution in [0, 0.1) is 0 Å². The average Bonchev–Trinajstić information content (AvgIpc) is 3.23. The fourth-order valence-electron chi connectivity index (χ4n) is 3.97. The molecule has 3 aromatic rings. The number of hydrogen-bond donors (Lipinski definition) is 2. The Morgan fingerprint density at radius 3 is 2.55 bits per heavy atom. The number of carbonyl (C=O) groups is 1. The molecular formula is C24H24N4O5. The van der Waals surface area contributed by atoms with E-state index in [0.29, 0.717) is 12.4 Å².